The highest BCUT2D eigenvalue weighted by atomic mass is 31.2. The van der Waals surface area contributed by atoms with Crippen LogP contribution in [-0.2, 0) is 53.6 Å². The van der Waals surface area contributed by atoms with Crippen molar-refractivity contribution in [2.75, 3.05) is 26.9 Å². The average Bonchev–Trinajstić information content (AvgIpc) is 3.72. The minimum atomic E-state index is -4.48. The first-order chi connectivity index (χ1) is 29.2. The lowest BCUT2D eigenvalue weighted by molar-refractivity contribution is -0.200. The van der Waals surface area contributed by atoms with Crippen molar-refractivity contribution in [2.45, 2.75) is 105 Å². The molecule has 0 saturated carbocycles. The highest BCUT2D eigenvalue weighted by Crippen LogP contribution is 2.48. The predicted molar refractivity (Wildman–Crippen MR) is 225 cm³/mol. The van der Waals surface area contributed by atoms with Crippen molar-refractivity contribution in [3.8, 4) is 17.1 Å². The maximum absolute atomic E-state index is 14.3. The summed E-state index contributed by atoms with van der Waals surface area (Å²) in [6.45, 7) is 10.4. The van der Waals surface area contributed by atoms with Crippen molar-refractivity contribution in [1.82, 2.24) is 15.7 Å². The van der Waals surface area contributed by atoms with E-state index in [9.17, 15) is 28.5 Å². The average molecular weight is 880 g/mol. The summed E-state index contributed by atoms with van der Waals surface area (Å²) < 4.78 is 56.4. The smallest absolute Gasteiger partial charge is 0.494 e. The van der Waals surface area contributed by atoms with Gasteiger partial charge in [0.2, 0.25) is 25.9 Å². The van der Waals surface area contributed by atoms with Gasteiger partial charge < -0.3 is 38.7 Å². The minimum absolute atomic E-state index is 0. The molecule has 18 nitrogen and oxygen atoms in total. The zero-order valence-electron chi connectivity index (χ0n) is 35.7. The summed E-state index contributed by atoms with van der Waals surface area (Å²) >= 11 is 0. The van der Waals surface area contributed by atoms with Crippen LogP contribution in [0.4, 0.5) is 9.59 Å². The SMILES string of the molecule is CCCCC[C@@H](C(=O)NCNC(=O)c1ccc(-c2cc(OCC)cc(P(=O)(OCOC(=O)OC(C)C)OCOC(=O)OC(C)C)c2)o1)[C@@H](CC)N(C=O)OCc1ccccc1.[HH].[HH]. The predicted octanol–water partition coefficient (Wildman–Crippen LogP) is 8.10. The van der Waals surface area contributed by atoms with E-state index in [0.717, 1.165) is 24.8 Å². The van der Waals surface area contributed by atoms with E-state index in [1.54, 1.807) is 40.7 Å². The number of rotatable bonds is 27. The Hall–Kier alpha value is -5.42. The summed E-state index contributed by atoms with van der Waals surface area (Å²) in [6.07, 6.45) is 0.917. The molecular weight excluding hydrogens is 817 g/mol. The van der Waals surface area contributed by atoms with Gasteiger partial charge >= 0.3 is 19.9 Å². The summed E-state index contributed by atoms with van der Waals surface area (Å²) in [5.41, 5.74) is 1.14. The Morgan fingerprint density at radius 1 is 0.852 bits per heavy atom. The van der Waals surface area contributed by atoms with E-state index in [0.29, 0.717) is 19.3 Å². The van der Waals surface area contributed by atoms with Crippen molar-refractivity contribution in [3.05, 3.63) is 72.0 Å². The molecule has 0 spiro atoms. The highest BCUT2D eigenvalue weighted by Gasteiger charge is 2.33. The Labute approximate surface area is 359 Å². The standard InChI is InChI=1S/C42H58N3O15P.2H2/c1-8-11-13-18-35(36(9-2)45(26-46)55-24-31-16-14-12-15-17-31)39(47)43-25-44-40(48)38-20-19-37(60-38)32-21-33(52-10-3)23-34(22-32)61(51,56-27-53-41(49)58-29(4)5)57-28-54-42(50)59-30(6)7;;/h12,14-17,19-23,26,29-30,35-36H,8-11,13,18,24-25,27-28H2,1-7H3,(H,43,47)(H,44,48);2*1H/t35-,36-;;/m1../s1. The largest absolute Gasteiger partial charge is 0.510 e. The van der Waals surface area contributed by atoms with Crippen molar-refractivity contribution in [2.24, 2.45) is 5.92 Å². The molecule has 0 aliphatic rings. The first-order valence-corrected chi connectivity index (χ1v) is 21.7. The Balaban J connectivity index is 0.00000992. The second-order valence-corrected chi connectivity index (χ2v) is 16.0. The molecule has 2 N–H and O–H groups in total. The first kappa shape index (κ1) is 49.9. The first-order valence-electron chi connectivity index (χ1n) is 20.1. The Morgan fingerprint density at radius 3 is 2.08 bits per heavy atom. The third-order valence-electron chi connectivity index (χ3n) is 8.60. The maximum Gasteiger partial charge on any atom is 0.510 e. The van der Waals surface area contributed by atoms with Gasteiger partial charge in [0.05, 0.1) is 42.7 Å². The number of nitrogens with one attached hydrogen (secondary N) is 2. The van der Waals surface area contributed by atoms with Crippen molar-refractivity contribution in [1.29, 1.82) is 0 Å². The van der Waals surface area contributed by atoms with Gasteiger partial charge in [0.1, 0.15) is 18.1 Å². The van der Waals surface area contributed by atoms with Gasteiger partial charge in [-0.25, -0.2) is 14.7 Å². The topological polar surface area (TPSA) is 217 Å². The minimum Gasteiger partial charge on any atom is -0.494 e. The number of ether oxygens (including phenoxy) is 5. The molecule has 340 valence electrons. The Bertz CT molecular complexity index is 1870. The summed E-state index contributed by atoms with van der Waals surface area (Å²) in [5, 5.41) is 6.48. The molecule has 3 amide bonds. The summed E-state index contributed by atoms with van der Waals surface area (Å²) in [5.74, 6) is -1.42. The number of unbranched alkanes of at least 4 members (excludes halogenated alkanes) is 2. The Kier molecular flexibility index (Phi) is 21.3. The molecule has 3 aromatic rings. The number of hydrogen-bond acceptors (Lipinski definition) is 15. The molecule has 19 heteroatoms. The molecule has 1 aromatic heterocycles. The number of hydroxylamine groups is 2. The molecule has 0 aliphatic carbocycles. The Morgan fingerprint density at radius 2 is 1.51 bits per heavy atom. The van der Waals surface area contributed by atoms with E-state index in [4.69, 9.17) is 42.0 Å². The molecule has 1 heterocycles. The van der Waals surface area contributed by atoms with Gasteiger partial charge in [-0.1, -0.05) is 63.4 Å². The quantitative estimate of drug-likeness (QED) is 0.0185. The van der Waals surface area contributed by atoms with Crippen LogP contribution in [0.3, 0.4) is 0 Å². The summed E-state index contributed by atoms with van der Waals surface area (Å²) in [6, 6.07) is 16.0. The molecule has 0 unspecified atom stereocenters. The van der Waals surface area contributed by atoms with Gasteiger partial charge in [-0.05, 0) is 83.4 Å². The lowest BCUT2D eigenvalue weighted by atomic mass is 9.90. The lowest BCUT2D eigenvalue weighted by Crippen LogP contribution is -2.48. The molecular formula is C42H62N3O15P. The van der Waals surface area contributed by atoms with E-state index in [1.807, 2.05) is 37.3 Å². The second kappa shape index (κ2) is 26.0. The van der Waals surface area contributed by atoms with Crippen LogP contribution >= 0.6 is 7.60 Å². The number of hydrogen-bond donors (Lipinski definition) is 2. The fourth-order valence-electron chi connectivity index (χ4n) is 5.79. The number of furan rings is 1. The van der Waals surface area contributed by atoms with Crippen molar-refractivity contribution >= 4 is 43.4 Å². The maximum atomic E-state index is 14.3. The number of benzene rings is 2. The zero-order chi connectivity index (χ0) is 44.8. The molecule has 0 fully saturated rings. The summed E-state index contributed by atoms with van der Waals surface area (Å²) in [7, 11) is -4.48. The van der Waals surface area contributed by atoms with Gasteiger partial charge in [-0.3, -0.25) is 32.8 Å². The van der Waals surface area contributed by atoms with Crippen LogP contribution in [0.2, 0.25) is 0 Å². The molecule has 0 radical (unpaired) electrons. The van der Waals surface area contributed by atoms with Crippen LogP contribution in [0.15, 0.2) is 65.1 Å². The lowest BCUT2D eigenvalue weighted by Gasteiger charge is -2.32. The monoisotopic (exact) mass is 879 g/mol. The number of amides is 3. The highest BCUT2D eigenvalue weighted by molar-refractivity contribution is 7.62. The van der Waals surface area contributed by atoms with Gasteiger partial charge in [0.15, 0.2) is 5.76 Å². The molecule has 61 heavy (non-hydrogen) atoms. The van der Waals surface area contributed by atoms with Crippen LogP contribution in [0, 0.1) is 5.92 Å². The van der Waals surface area contributed by atoms with Crippen LogP contribution in [0.5, 0.6) is 5.75 Å². The van der Waals surface area contributed by atoms with E-state index in [-0.39, 0.29) is 56.8 Å². The zero-order valence-corrected chi connectivity index (χ0v) is 36.6. The normalized spacial score (nSPS) is 12.3. The fraction of sp³-hybridized carbons (Fsp3) is 0.500. The number of carbonyl (C=O) groups excluding carboxylic acids is 5. The number of carbonyl (C=O) groups is 5. The van der Waals surface area contributed by atoms with E-state index in [1.165, 1.54) is 29.3 Å². The third kappa shape index (κ3) is 16.9. The van der Waals surface area contributed by atoms with Crippen molar-refractivity contribution < 1.29 is 73.4 Å². The van der Waals surface area contributed by atoms with Crippen molar-refractivity contribution in [3.63, 3.8) is 0 Å². The van der Waals surface area contributed by atoms with E-state index < -0.39 is 63.6 Å². The molecule has 0 saturated heterocycles. The van der Waals surface area contributed by atoms with E-state index >= 15 is 0 Å². The fourth-order valence-corrected chi connectivity index (χ4v) is 7.13. The van der Waals surface area contributed by atoms with Gasteiger partial charge in [-0.15, -0.1) is 0 Å². The van der Waals surface area contributed by atoms with Gasteiger partial charge in [0, 0.05) is 8.42 Å². The molecule has 0 bridgehead atoms. The van der Waals surface area contributed by atoms with Gasteiger partial charge in [0.25, 0.3) is 5.91 Å². The number of nitrogens with zero attached hydrogens (tertiary/aromatic N) is 1. The van der Waals surface area contributed by atoms with Gasteiger partial charge in [-0.2, -0.15) is 0 Å². The molecule has 3 rings (SSSR count). The summed E-state index contributed by atoms with van der Waals surface area (Å²) in [4.78, 5) is 68.9. The molecule has 2 atom stereocenters. The van der Waals surface area contributed by atoms with Crippen LogP contribution in [0.1, 0.15) is 99.5 Å². The van der Waals surface area contributed by atoms with Crippen LogP contribution < -0.4 is 20.7 Å². The molecule has 2 aromatic carbocycles. The second-order valence-electron chi connectivity index (χ2n) is 14.0. The van der Waals surface area contributed by atoms with Crippen LogP contribution in [0.25, 0.3) is 11.3 Å². The molecule has 0 aliphatic heterocycles. The van der Waals surface area contributed by atoms with E-state index in [2.05, 4.69) is 17.6 Å². The van der Waals surface area contributed by atoms with Crippen LogP contribution in [-0.4, -0.2) is 80.7 Å². The third-order valence-corrected chi connectivity index (χ3v) is 10.4.